The standard InChI is InChI=1S/C21H24N2O2S2/c1-14-5-6-16(11-15(14)2)12-20(24)22-21-23(9-10-26-4)18-13-17(25-3)7-8-19(18)27-21/h5-8,11,13H,9-10,12H2,1-4H3. The second-order valence-corrected chi connectivity index (χ2v) is 8.46. The van der Waals surface area contributed by atoms with Gasteiger partial charge < -0.3 is 9.30 Å². The van der Waals surface area contributed by atoms with E-state index in [1.807, 2.05) is 24.3 Å². The van der Waals surface area contributed by atoms with Crippen LogP contribution in [0.1, 0.15) is 16.7 Å². The summed E-state index contributed by atoms with van der Waals surface area (Å²) in [6.45, 7) is 4.95. The predicted molar refractivity (Wildman–Crippen MR) is 115 cm³/mol. The minimum Gasteiger partial charge on any atom is -0.497 e. The molecule has 0 aliphatic rings. The number of methoxy groups -OCH3 is 1. The Balaban J connectivity index is 1.97. The first-order valence-corrected chi connectivity index (χ1v) is 11.0. The molecular formula is C21H24N2O2S2. The van der Waals surface area contributed by atoms with E-state index in [1.54, 1.807) is 30.2 Å². The molecule has 0 unspecified atom stereocenters. The van der Waals surface area contributed by atoms with Gasteiger partial charge in [-0.2, -0.15) is 16.8 Å². The molecule has 0 spiro atoms. The van der Waals surface area contributed by atoms with Gasteiger partial charge in [0.25, 0.3) is 5.91 Å². The van der Waals surface area contributed by atoms with Crippen LogP contribution < -0.4 is 9.54 Å². The quantitative estimate of drug-likeness (QED) is 0.617. The molecule has 6 heteroatoms. The van der Waals surface area contributed by atoms with Crippen LogP contribution >= 0.6 is 23.1 Å². The number of carbonyl (C=O) groups is 1. The van der Waals surface area contributed by atoms with Crippen molar-refractivity contribution < 1.29 is 9.53 Å². The third kappa shape index (κ3) is 4.62. The SMILES string of the molecule is COc1ccc2sc(=NC(=O)Cc3ccc(C)c(C)c3)n(CCSC)c2c1. The van der Waals surface area contributed by atoms with Crippen molar-refractivity contribution in [2.45, 2.75) is 26.8 Å². The second-order valence-electron chi connectivity index (χ2n) is 6.46. The third-order valence-corrected chi connectivity index (χ3v) is 6.21. The van der Waals surface area contributed by atoms with Gasteiger partial charge in [-0.1, -0.05) is 29.5 Å². The maximum atomic E-state index is 12.6. The molecule has 27 heavy (non-hydrogen) atoms. The second kappa shape index (κ2) is 8.76. The zero-order chi connectivity index (χ0) is 19.4. The number of rotatable bonds is 6. The van der Waals surface area contributed by atoms with E-state index in [2.05, 4.69) is 41.8 Å². The summed E-state index contributed by atoms with van der Waals surface area (Å²) in [5.41, 5.74) is 4.50. The van der Waals surface area contributed by atoms with Gasteiger partial charge in [0.05, 0.1) is 23.7 Å². The minimum absolute atomic E-state index is 0.116. The van der Waals surface area contributed by atoms with E-state index in [1.165, 1.54) is 11.1 Å². The van der Waals surface area contributed by atoms with Crippen LogP contribution in [0.3, 0.4) is 0 Å². The van der Waals surface area contributed by atoms with E-state index in [0.29, 0.717) is 6.42 Å². The lowest BCUT2D eigenvalue weighted by Crippen LogP contribution is -2.18. The molecule has 0 saturated carbocycles. The summed E-state index contributed by atoms with van der Waals surface area (Å²) in [4.78, 5) is 17.8. The third-order valence-electron chi connectivity index (χ3n) is 4.56. The number of thiazole rings is 1. The molecule has 142 valence electrons. The van der Waals surface area contributed by atoms with Gasteiger partial charge in [-0.25, -0.2) is 0 Å². The maximum absolute atomic E-state index is 12.6. The maximum Gasteiger partial charge on any atom is 0.252 e. The van der Waals surface area contributed by atoms with Crippen molar-refractivity contribution in [1.82, 2.24) is 4.57 Å². The van der Waals surface area contributed by atoms with E-state index in [9.17, 15) is 4.79 Å². The molecular weight excluding hydrogens is 376 g/mol. The Morgan fingerprint density at radius 1 is 1.19 bits per heavy atom. The summed E-state index contributed by atoms with van der Waals surface area (Å²) in [6.07, 6.45) is 2.40. The van der Waals surface area contributed by atoms with E-state index in [-0.39, 0.29) is 5.91 Å². The molecule has 0 bridgehead atoms. The smallest absolute Gasteiger partial charge is 0.252 e. The average molecular weight is 401 g/mol. The molecule has 0 saturated heterocycles. The largest absolute Gasteiger partial charge is 0.497 e. The fraction of sp³-hybridized carbons (Fsp3) is 0.333. The molecule has 4 nitrogen and oxygen atoms in total. The van der Waals surface area contributed by atoms with E-state index >= 15 is 0 Å². The molecule has 1 heterocycles. The van der Waals surface area contributed by atoms with Crippen LogP contribution in [0.25, 0.3) is 10.2 Å². The van der Waals surface area contributed by atoms with Gasteiger partial charge in [0.15, 0.2) is 4.80 Å². The first-order chi connectivity index (χ1) is 13.0. The Kier molecular flexibility index (Phi) is 6.39. The summed E-state index contributed by atoms with van der Waals surface area (Å²) >= 11 is 3.33. The van der Waals surface area contributed by atoms with Crippen LogP contribution in [0, 0.1) is 13.8 Å². The lowest BCUT2D eigenvalue weighted by Gasteiger charge is -2.05. The Morgan fingerprint density at radius 2 is 2.00 bits per heavy atom. The number of hydrogen-bond acceptors (Lipinski definition) is 4. The molecule has 3 aromatic rings. The Labute approximate surface area is 167 Å². The van der Waals surface area contributed by atoms with Crippen molar-refractivity contribution in [3.8, 4) is 5.75 Å². The molecule has 0 atom stereocenters. The first kappa shape index (κ1) is 19.7. The number of fused-ring (bicyclic) bond motifs is 1. The van der Waals surface area contributed by atoms with Crippen LogP contribution in [-0.2, 0) is 17.8 Å². The van der Waals surface area contributed by atoms with Crippen molar-refractivity contribution in [3.05, 3.63) is 57.9 Å². The van der Waals surface area contributed by atoms with Gasteiger partial charge in [0, 0.05) is 18.4 Å². The minimum atomic E-state index is -0.116. The number of hydrogen-bond donors (Lipinski definition) is 0. The Morgan fingerprint density at radius 3 is 2.70 bits per heavy atom. The molecule has 0 aliphatic carbocycles. The number of benzene rings is 2. The number of nitrogens with zero attached hydrogens (tertiary/aromatic N) is 2. The van der Waals surface area contributed by atoms with Crippen LogP contribution in [0.15, 0.2) is 41.4 Å². The average Bonchev–Trinajstić information content (AvgIpc) is 2.98. The van der Waals surface area contributed by atoms with Crippen molar-refractivity contribution in [1.29, 1.82) is 0 Å². The molecule has 0 aliphatic heterocycles. The predicted octanol–water partition coefficient (Wildman–Crippen LogP) is 4.36. The summed E-state index contributed by atoms with van der Waals surface area (Å²) in [6, 6.07) is 12.1. The zero-order valence-electron chi connectivity index (χ0n) is 16.1. The molecule has 1 amide bonds. The van der Waals surface area contributed by atoms with Crippen molar-refractivity contribution in [2.75, 3.05) is 19.1 Å². The highest BCUT2D eigenvalue weighted by atomic mass is 32.2. The lowest BCUT2D eigenvalue weighted by atomic mass is 10.0. The number of carbonyl (C=O) groups excluding carboxylic acids is 1. The molecule has 2 aromatic carbocycles. The van der Waals surface area contributed by atoms with Crippen molar-refractivity contribution >= 4 is 39.2 Å². The van der Waals surface area contributed by atoms with Gasteiger partial charge >= 0.3 is 0 Å². The van der Waals surface area contributed by atoms with Crippen molar-refractivity contribution in [3.63, 3.8) is 0 Å². The number of amides is 1. The lowest BCUT2D eigenvalue weighted by molar-refractivity contribution is -0.117. The van der Waals surface area contributed by atoms with E-state index in [4.69, 9.17) is 4.74 Å². The van der Waals surface area contributed by atoms with Gasteiger partial charge in [0.1, 0.15) is 5.75 Å². The van der Waals surface area contributed by atoms with E-state index < -0.39 is 0 Å². The topological polar surface area (TPSA) is 43.6 Å². The Hall–Kier alpha value is -2.05. The summed E-state index contributed by atoms with van der Waals surface area (Å²) < 4.78 is 8.59. The zero-order valence-corrected chi connectivity index (χ0v) is 17.7. The Bertz CT molecular complexity index is 1030. The molecule has 3 rings (SSSR count). The van der Waals surface area contributed by atoms with Crippen molar-refractivity contribution in [2.24, 2.45) is 4.99 Å². The van der Waals surface area contributed by atoms with Gasteiger partial charge in [-0.3, -0.25) is 4.79 Å². The summed E-state index contributed by atoms with van der Waals surface area (Å²) in [7, 11) is 1.66. The van der Waals surface area contributed by atoms with E-state index in [0.717, 1.165) is 38.6 Å². The van der Waals surface area contributed by atoms with Crippen LogP contribution in [0.2, 0.25) is 0 Å². The number of aryl methyl sites for hydroxylation is 3. The molecule has 1 aromatic heterocycles. The molecule has 0 N–H and O–H groups in total. The number of ether oxygens (including phenoxy) is 1. The normalized spacial score (nSPS) is 11.9. The van der Waals surface area contributed by atoms with Crippen LogP contribution in [0.4, 0.5) is 0 Å². The molecule has 0 radical (unpaired) electrons. The van der Waals surface area contributed by atoms with Gasteiger partial charge in [0.2, 0.25) is 0 Å². The monoisotopic (exact) mass is 400 g/mol. The van der Waals surface area contributed by atoms with Crippen LogP contribution in [-0.4, -0.2) is 29.6 Å². The molecule has 0 fully saturated rings. The summed E-state index contributed by atoms with van der Waals surface area (Å²) in [5, 5.41) is 0. The van der Waals surface area contributed by atoms with Gasteiger partial charge in [-0.15, -0.1) is 0 Å². The fourth-order valence-corrected chi connectivity index (χ4v) is 4.31. The number of thioether (sulfide) groups is 1. The first-order valence-electron chi connectivity index (χ1n) is 8.82. The van der Waals surface area contributed by atoms with Crippen LogP contribution in [0.5, 0.6) is 5.75 Å². The summed E-state index contributed by atoms with van der Waals surface area (Å²) in [5.74, 6) is 1.66. The highest BCUT2D eigenvalue weighted by Crippen LogP contribution is 2.23. The van der Waals surface area contributed by atoms with Gasteiger partial charge in [-0.05, 0) is 48.9 Å². The highest BCUT2D eigenvalue weighted by Gasteiger charge is 2.10. The highest BCUT2D eigenvalue weighted by molar-refractivity contribution is 7.98. The number of aromatic nitrogens is 1. The fourth-order valence-electron chi connectivity index (χ4n) is 2.89.